The normalized spacial score (nSPS) is 30.0. The van der Waals surface area contributed by atoms with Crippen molar-refractivity contribution in [1.29, 1.82) is 5.41 Å². The van der Waals surface area contributed by atoms with Gasteiger partial charge in [0, 0.05) is 11.3 Å². The average molecular weight is 367 g/mol. The number of anilines is 1. The van der Waals surface area contributed by atoms with Crippen molar-refractivity contribution in [1.82, 2.24) is 5.32 Å². The second-order valence-electron chi connectivity index (χ2n) is 6.35. The van der Waals surface area contributed by atoms with Gasteiger partial charge in [0.15, 0.2) is 9.84 Å². The molecule has 134 valence electrons. The highest BCUT2D eigenvalue weighted by Gasteiger charge is 2.57. The molecule has 4 N–H and O–H groups in total. The maximum Gasteiger partial charge on any atom is 0.391 e. The van der Waals surface area contributed by atoms with E-state index in [1.807, 2.05) is 0 Å². The number of benzene rings is 1. The number of nitrogens with one attached hydrogen (secondary N) is 2. The van der Waals surface area contributed by atoms with E-state index in [0.717, 1.165) is 13.0 Å². The average Bonchev–Trinajstić information content (AvgIpc) is 2.37. The largest absolute Gasteiger partial charge is 0.399 e. The SMILES string of the molecule is C[C@]1(CC(F)(F)F)C(=N)N[C@](C)(c2cc(N)ccc2F)CS1(=O)=O. The Balaban J connectivity index is 2.52. The molecule has 0 bridgehead atoms. The summed E-state index contributed by atoms with van der Waals surface area (Å²) < 4.78 is 75.1. The molecule has 0 radical (unpaired) electrons. The fraction of sp³-hybridized carbons (Fsp3) is 0.500. The van der Waals surface area contributed by atoms with Crippen molar-refractivity contribution in [2.24, 2.45) is 0 Å². The molecule has 5 nitrogen and oxygen atoms in total. The lowest BCUT2D eigenvalue weighted by molar-refractivity contribution is -0.137. The Hall–Kier alpha value is -1.84. The summed E-state index contributed by atoms with van der Waals surface area (Å²) in [7, 11) is -4.41. The van der Waals surface area contributed by atoms with Crippen LogP contribution in [-0.4, -0.2) is 30.9 Å². The third kappa shape index (κ3) is 3.06. The van der Waals surface area contributed by atoms with Crippen molar-refractivity contribution >= 4 is 21.4 Å². The van der Waals surface area contributed by atoms with E-state index in [2.05, 4.69) is 5.32 Å². The summed E-state index contributed by atoms with van der Waals surface area (Å²) in [5.41, 5.74) is 4.04. The van der Waals surface area contributed by atoms with Crippen LogP contribution in [0.25, 0.3) is 0 Å². The molecule has 0 aliphatic carbocycles. The number of sulfone groups is 1. The summed E-state index contributed by atoms with van der Waals surface area (Å²) in [5.74, 6) is -2.38. The fourth-order valence-corrected chi connectivity index (χ4v) is 4.88. The van der Waals surface area contributed by atoms with E-state index in [1.165, 1.54) is 19.1 Å². The molecule has 2 atom stereocenters. The summed E-state index contributed by atoms with van der Waals surface area (Å²) in [4.78, 5) is 0. The Morgan fingerprint density at radius 3 is 2.42 bits per heavy atom. The molecular weight excluding hydrogens is 350 g/mol. The lowest BCUT2D eigenvalue weighted by Crippen LogP contribution is -2.66. The number of alkyl halides is 3. The van der Waals surface area contributed by atoms with Crippen molar-refractivity contribution < 1.29 is 26.0 Å². The number of hydrogen-bond donors (Lipinski definition) is 3. The Kier molecular flexibility index (Phi) is 4.11. The number of amidine groups is 1. The fourth-order valence-electron chi connectivity index (χ4n) is 2.83. The minimum Gasteiger partial charge on any atom is -0.399 e. The van der Waals surface area contributed by atoms with E-state index in [0.29, 0.717) is 0 Å². The van der Waals surface area contributed by atoms with E-state index >= 15 is 0 Å². The van der Waals surface area contributed by atoms with Gasteiger partial charge in [-0.15, -0.1) is 0 Å². The van der Waals surface area contributed by atoms with Gasteiger partial charge < -0.3 is 11.1 Å². The highest BCUT2D eigenvalue weighted by molar-refractivity contribution is 7.93. The molecule has 1 aliphatic rings. The summed E-state index contributed by atoms with van der Waals surface area (Å²) in [6.07, 6.45) is -6.46. The van der Waals surface area contributed by atoms with Gasteiger partial charge in [-0.25, -0.2) is 12.8 Å². The highest BCUT2D eigenvalue weighted by atomic mass is 32.2. The van der Waals surface area contributed by atoms with Crippen molar-refractivity contribution in [3.05, 3.63) is 29.6 Å². The first-order valence-corrected chi connectivity index (χ1v) is 8.57. The molecule has 24 heavy (non-hydrogen) atoms. The van der Waals surface area contributed by atoms with Crippen LogP contribution in [0, 0.1) is 11.2 Å². The third-order valence-corrected chi connectivity index (χ3v) is 6.90. The standard InChI is InChI=1S/C14H17F4N3O2S/c1-12(9-5-8(19)3-4-10(9)15)7-24(22,23)13(2,11(20)21-12)6-14(16,17)18/h3-5H,6-7,19H2,1-2H3,(H2,20,21)/t12-,13-/m0/s1. The summed E-state index contributed by atoms with van der Waals surface area (Å²) in [5, 5.41) is 10.3. The molecular formula is C14H17F4N3O2S. The summed E-state index contributed by atoms with van der Waals surface area (Å²) >= 11 is 0. The van der Waals surface area contributed by atoms with Crippen LogP contribution < -0.4 is 11.1 Å². The van der Waals surface area contributed by atoms with Crippen LogP contribution in [0.15, 0.2) is 18.2 Å². The lowest BCUT2D eigenvalue weighted by atomic mass is 9.90. The molecule has 2 rings (SSSR count). The number of nitrogens with two attached hydrogens (primary N) is 1. The molecule has 1 aliphatic heterocycles. The van der Waals surface area contributed by atoms with E-state index in [9.17, 15) is 26.0 Å². The zero-order valence-electron chi connectivity index (χ0n) is 13.0. The van der Waals surface area contributed by atoms with Gasteiger partial charge in [-0.05, 0) is 32.0 Å². The molecule has 10 heteroatoms. The maximum atomic E-state index is 14.1. The van der Waals surface area contributed by atoms with Gasteiger partial charge in [0.1, 0.15) is 16.4 Å². The molecule has 0 amide bonds. The van der Waals surface area contributed by atoms with Crippen LogP contribution in [-0.2, 0) is 15.4 Å². The highest BCUT2D eigenvalue weighted by Crippen LogP contribution is 2.41. The Morgan fingerprint density at radius 2 is 1.92 bits per heavy atom. The maximum absolute atomic E-state index is 14.1. The van der Waals surface area contributed by atoms with Crippen molar-refractivity contribution in [2.45, 2.75) is 36.7 Å². The van der Waals surface area contributed by atoms with Crippen LogP contribution in [0.2, 0.25) is 0 Å². The van der Waals surface area contributed by atoms with Gasteiger partial charge in [-0.1, -0.05) is 0 Å². The molecule has 0 unspecified atom stereocenters. The molecule has 0 spiro atoms. The van der Waals surface area contributed by atoms with E-state index in [4.69, 9.17) is 11.1 Å². The van der Waals surface area contributed by atoms with Crippen molar-refractivity contribution in [2.75, 3.05) is 11.5 Å². The number of halogens is 4. The van der Waals surface area contributed by atoms with Gasteiger partial charge in [0.25, 0.3) is 0 Å². The van der Waals surface area contributed by atoms with Crippen LogP contribution in [0.3, 0.4) is 0 Å². The quantitative estimate of drug-likeness (QED) is 0.552. The van der Waals surface area contributed by atoms with Gasteiger partial charge in [0.05, 0.1) is 17.7 Å². The molecule has 1 aromatic carbocycles. The minimum absolute atomic E-state index is 0.120. The predicted molar refractivity (Wildman–Crippen MR) is 81.9 cm³/mol. The van der Waals surface area contributed by atoms with Crippen LogP contribution in [0.5, 0.6) is 0 Å². The monoisotopic (exact) mass is 367 g/mol. The minimum atomic E-state index is -4.77. The topological polar surface area (TPSA) is 96.0 Å². The summed E-state index contributed by atoms with van der Waals surface area (Å²) in [6.45, 7) is 2.16. The molecule has 1 aromatic rings. The molecule has 0 saturated carbocycles. The number of nitrogen functional groups attached to an aromatic ring is 1. The van der Waals surface area contributed by atoms with E-state index in [-0.39, 0.29) is 11.3 Å². The second-order valence-corrected chi connectivity index (χ2v) is 8.77. The number of rotatable bonds is 2. The number of hydrogen-bond acceptors (Lipinski definition) is 4. The van der Waals surface area contributed by atoms with Crippen molar-refractivity contribution in [3.8, 4) is 0 Å². The Morgan fingerprint density at radius 1 is 1.33 bits per heavy atom. The van der Waals surface area contributed by atoms with Crippen LogP contribution in [0.4, 0.5) is 23.2 Å². The van der Waals surface area contributed by atoms with Gasteiger partial charge in [0.2, 0.25) is 0 Å². The first-order chi connectivity index (χ1) is 10.7. The Bertz CT molecular complexity index is 794. The molecule has 1 fully saturated rings. The smallest absolute Gasteiger partial charge is 0.391 e. The zero-order valence-corrected chi connectivity index (χ0v) is 13.8. The predicted octanol–water partition coefficient (Wildman–Crippen LogP) is 2.33. The first kappa shape index (κ1) is 18.5. The summed E-state index contributed by atoms with van der Waals surface area (Å²) in [6, 6.07) is 3.52. The zero-order chi connectivity index (χ0) is 18.6. The van der Waals surface area contributed by atoms with Gasteiger partial charge >= 0.3 is 6.18 Å². The van der Waals surface area contributed by atoms with E-state index < -0.39 is 50.1 Å². The van der Waals surface area contributed by atoms with Gasteiger partial charge in [-0.3, -0.25) is 5.41 Å². The Labute approximate surface area is 136 Å². The lowest BCUT2D eigenvalue weighted by Gasteiger charge is -2.45. The molecule has 1 saturated heterocycles. The van der Waals surface area contributed by atoms with Crippen LogP contribution >= 0.6 is 0 Å². The third-order valence-electron chi connectivity index (χ3n) is 4.22. The van der Waals surface area contributed by atoms with Crippen LogP contribution in [0.1, 0.15) is 25.8 Å². The van der Waals surface area contributed by atoms with Gasteiger partial charge in [-0.2, -0.15) is 13.2 Å². The van der Waals surface area contributed by atoms with Crippen molar-refractivity contribution in [3.63, 3.8) is 0 Å². The molecule has 0 aromatic heterocycles. The first-order valence-electron chi connectivity index (χ1n) is 6.92. The second kappa shape index (κ2) is 5.33. The van der Waals surface area contributed by atoms with E-state index in [1.54, 1.807) is 0 Å². The molecule has 1 heterocycles.